The maximum Gasteiger partial charge on any atom is 0.239 e. The second kappa shape index (κ2) is 9.33. The number of hydrogen-bond donors (Lipinski definition) is 3. The second-order valence-corrected chi connectivity index (χ2v) is 6.11. The van der Waals surface area contributed by atoms with Gasteiger partial charge in [0.1, 0.15) is 0 Å². The molecular formula is C15H23Cl2N3O2. The van der Waals surface area contributed by atoms with E-state index in [1.54, 1.807) is 25.2 Å². The molecule has 5 nitrogen and oxygen atoms in total. The van der Waals surface area contributed by atoms with Crippen molar-refractivity contribution in [2.75, 3.05) is 20.2 Å². The molecule has 0 spiro atoms. The SMILES string of the molecule is CN(C(=O)C(N)Cc1ccc(Cl)cc1Cl)C(CO)CCCN. The van der Waals surface area contributed by atoms with Gasteiger partial charge in [0, 0.05) is 17.1 Å². The highest BCUT2D eigenvalue weighted by Gasteiger charge is 2.24. The molecule has 0 saturated heterocycles. The summed E-state index contributed by atoms with van der Waals surface area (Å²) in [7, 11) is 1.64. The lowest BCUT2D eigenvalue weighted by molar-refractivity contribution is -0.134. The highest BCUT2D eigenvalue weighted by Crippen LogP contribution is 2.22. The van der Waals surface area contributed by atoms with Crippen molar-refractivity contribution >= 4 is 29.1 Å². The number of aliphatic hydroxyl groups excluding tert-OH is 1. The van der Waals surface area contributed by atoms with Crippen LogP contribution >= 0.6 is 23.2 Å². The van der Waals surface area contributed by atoms with Gasteiger partial charge in [-0.05, 0) is 43.5 Å². The molecule has 124 valence electrons. The fourth-order valence-electron chi connectivity index (χ4n) is 2.21. The van der Waals surface area contributed by atoms with Gasteiger partial charge in [0.05, 0.1) is 18.7 Å². The van der Waals surface area contributed by atoms with Crippen molar-refractivity contribution < 1.29 is 9.90 Å². The quantitative estimate of drug-likeness (QED) is 0.663. The van der Waals surface area contributed by atoms with E-state index in [1.807, 2.05) is 0 Å². The van der Waals surface area contributed by atoms with Crippen LogP contribution in [0.1, 0.15) is 18.4 Å². The van der Waals surface area contributed by atoms with E-state index >= 15 is 0 Å². The highest BCUT2D eigenvalue weighted by molar-refractivity contribution is 6.35. The van der Waals surface area contributed by atoms with Crippen LogP contribution in [0.3, 0.4) is 0 Å². The standard InChI is InChI=1S/C15H23Cl2N3O2/c1-20(12(9-21)3-2-6-18)15(22)14(19)7-10-4-5-11(16)8-13(10)17/h4-5,8,12,14,21H,2-3,6-7,9,18-19H2,1H3. The van der Waals surface area contributed by atoms with Gasteiger partial charge >= 0.3 is 0 Å². The van der Waals surface area contributed by atoms with E-state index in [0.717, 1.165) is 12.0 Å². The topological polar surface area (TPSA) is 92.6 Å². The lowest BCUT2D eigenvalue weighted by Crippen LogP contribution is -2.48. The first kappa shape index (κ1) is 19.2. The Labute approximate surface area is 141 Å². The van der Waals surface area contributed by atoms with Crippen LogP contribution < -0.4 is 11.5 Å². The fourth-order valence-corrected chi connectivity index (χ4v) is 2.70. The molecule has 2 atom stereocenters. The van der Waals surface area contributed by atoms with Gasteiger partial charge in [-0.2, -0.15) is 0 Å². The molecular weight excluding hydrogens is 325 g/mol. The Morgan fingerprint density at radius 3 is 2.64 bits per heavy atom. The minimum absolute atomic E-state index is 0.114. The summed E-state index contributed by atoms with van der Waals surface area (Å²) in [5, 5.41) is 10.4. The molecule has 1 aromatic carbocycles. The number of rotatable bonds is 8. The zero-order valence-electron chi connectivity index (χ0n) is 12.6. The van der Waals surface area contributed by atoms with Crippen LogP contribution in [0, 0.1) is 0 Å². The molecule has 0 aromatic heterocycles. The molecule has 2 unspecified atom stereocenters. The minimum Gasteiger partial charge on any atom is -0.394 e. The van der Waals surface area contributed by atoms with E-state index in [0.29, 0.717) is 29.4 Å². The van der Waals surface area contributed by atoms with Crippen molar-refractivity contribution in [1.29, 1.82) is 0 Å². The van der Waals surface area contributed by atoms with E-state index in [1.165, 1.54) is 4.90 Å². The third kappa shape index (κ3) is 5.41. The van der Waals surface area contributed by atoms with Crippen LogP contribution in [0.4, 0.5) is 0 Å². The minimum atomic E-state index is -0.726. The molecule has 0 bridgehead atoms. The number of carbonyl (C=O) groups excluding carboxylic acids is 1. The number of nitrogens with two attached hydrogens (primary N) is 2. The zero-order chi connectivity index (χ0) is 16.7. The first-order valence-electron chi connectivity index (χ1n) is 7.17. The molecule has 1 rings (SSSR count). The normalized spacial score (nSPS) is 13.7. The zero-order valence-corrected chi connectivity index (χ0v) is 14.1. The van der Waals surface area contributed by atoms with Gasteiger partial charge in [-0.3, -0.25) is 4.79 Å². The molecule has 0 aliphatic heterocycles. The summed E-state index contributed by atoms with van der Waals surface area (Å²) in [5.41, 5.74) is 12.2. The Morgan fingerprint density at radius 2 is 2.09 bits per heavy atom. The maximum absolute atomic E-state index is 12.4. The molecule has 0 aliphatic carbocycles. The summed E-state index contributed by atoms with van der Waals surface area (Å²) in [6.07, 6.45) is 1.69. The van der Waals surface area contributed by atoms with E-state index in [-0.39, 0.29) is 18.6 Å². The monoisotopic (exact) mass is 347 g/mol. The average molecular weight is 348 g/mol. The van der Waals surface area contributed by atoms with Gasteiger partial charge in [-0.1, -0.05) is 29.3 Å². The summed E-state index contributed by atoms with van der Waals surface area (Å²) in [6.45, 7) is 0.404. The number of carbonyl (C=O) groups is 1. The lowest BCUT2D eigenvalue weighted by Gasteiger charge is -2.29. The van der Waals surface area contributed by atoms with Crippen LogP contribution in [-0.2, 0) is 11.2 Å². The van der Waals surface area contributed by atoms with Crippen molar-refractivity contribution in [1.82, 2.24) is 4.90 Å². The molecule has 0 radical (unpaired) electrons. The molecule has 0 saturated carbocycles. The van der Waals surface area contributed by atoms with Gasteiger partial charge in [-0.15, -0.1) is 0 Å². The predicted octanol–water partition coefficient (Wildman–Crippen LogP) is 1.42. The summed E-state index contributed by atoms with van der Waals surface area (Å²) in [4.78, 5) is 13.9. The van der Waals surface area contributed by atoms with Crippen molar-refractivity contribution in [2.45, 2.75) is 31.3 Å². The average Bonchev–Trinajstić information content (AvgIpc) is 2.49. The molecule has 22 heavy (non-hydrogen) atoms. The second-order valence-electron chi connectivity index (χ2n) is 5.26. The van der Waals surface area contributed by atoms with E-state index in [9.17, 15) is 9.90 Å². The van der Waals surface area contributed by atoms with Crippen LogP contribution in [0.15, 0.2) is 18.2 Å². The molecule has 1 aromatic rings. The Morgan fingerprint density at radius 1 is 1.41 bits per heavy atom. The van der Waals surface area contributed by atoms with E-state index < -0.39 is 6.04 Å². The highest BCUT2D eigenvalue weighted by atomic mass is 35.5. The summed E-state index contributed by atoms with van der Waals surface area (Å²) in [5.74, 6) is -0.234. The van der Waals surface area contributed by atoms with E-state index in [4.69, 9.17) is 34.7 Å². The molecule has 7 heteroatoms. The van der Waals surface area contributed by atoms with Crippen molar-refractivity contribution in [3.8, 4) is 0 Å². The largest absolute Gasteiger partial charge is 0.394 e. The van der Waals surface area contributed by atoms with Gasteiger partial charge in [0.25, 0.3) is 0 Å². The summed E-state index contributed by atoms with van der Waals surface area (Å²) >= 11 is 11.9. The van der Waals surface area contributed by atoms with Crippen LogP contribution in [-0.4, -0.2) is 48.2 Å². The Bertz CT molecular complexity index is 500. The number of halogens is 2. The van der Waals surface area contributed by atoms with Gasteiger partial charge in [-0.25, -0.2) is 0 Å². The maximum atomic E-state index is 12.4. The number of benzene rings is 1. The van der Waals surface area contributed by atoms with Crippen molar-refractivity contribution in [2.24, 2.45) is 11.5 Å². The number of likely N-dealkylation sites (N-methyl/N-ethyl adjacent to an activating group) is 1. The van der Waals surface area contributed by atoms with Crippen LogP contribution in [0.25, 0.3) is 0 Å². The number of hydrogen-bond acceptors (Lipinski definition) is 4. The van der Waals surface area contributed by atoms with E-state index in [2.05, 4.69) is 0 Å². The third-order valence-corrected chi connectivity index (χ3v) is 4.21. The number of nitrogens with zero attached hydrogens (tertiary/aromatic N) is 1. The first-order chi connectivity index (χ1) is 10.4. The van der Waals surface area contributed by atoms with Gasteiger partial charge < -0.3 is 21.5 Å². The molecule has 0 aliphatic rings. The van der Waals surface area contributed by atoms with Crippen molar-refractivity contribution in [3.05, 3.63) is 33.8 Å². The Kier molecular flexibility index (Phi) is 8.14. The third-order valence-electron chi connectivity index (χ3n) is 3.62. The molecule has 0 fully saturated rings. The molecule has 0 heterocycles. The van der Waals surface area contributed by atoms with Gasteiger partial charge in [0.2, 0.25) is 5.91 Å². The smallest absolute Gasteiger partial charge is 0.239 e. The number of aliphatic hydroxyl groups is 1. The molecule has 5 N–H and O–H groups in total. The van der Waals surface area contributed by atoms with Crippen molar-refractivity contribution in [3.63, 3.8) is 0 Å². The van der Waals surface area contributed by atoms with Crippen LogP contribution in [0.5, 0.6) is 0 Å². The Hall–Kier alpha value is -0.850. The Balaban J connectivity index is 2.70. The van der Waals surface area contributed by atoms with Gasteiger partial charge in [0.15, 0.2) is 0 Å². The number of amides is 1. The molecule has 1 amide bonds. The fraction of sp³-hybridized carbons (Fsp3) is 0.533. The van der Waals surface area contributed by atoms with Crippen LogP contribution in [0.2, 0.25) is 10.0 Å². The lowest BCUT2D eigenvalue weighted by atomic mass is 10.0. The predicted molar refractivity (Wildman–Crippen MR) is 90.1 cm³/mol. The first-order valence-corrected chi connectivity index (χ1v) is 7.93. The summed E-state index contributed by atoms with van der Waals surface area (Å²) < 4.78 is 0. The summed E-state index contributed by atoms with van der Waals surface area (Å²) in [6, 6.07) is 4.09.